The number of hydrogen-bond donors (Lipinski definition) is 6. The number of carbonyl (C=O) groups excluding carboxylic acids is 1. The van der Waals surface area contributed by atoms with E-state index < -0.39 is 49.5 Å². The van der Waals surface area contributed by atoms with Crippen LogP contribution in [0.25, 0.3) is 0 Å². The van der Waals surface area contributed by atoms with Crippen LogP contribution in [-0.2, 0) is 14.3 Å². The largest absolute Gasteiger partial charge is 0.394 e. The Morgan fingerprint density at radius 1 is 0.943 bits per heavy atom. The summed E-state index contributed by atoms with van der Waals surface area (Å²) in [5.41, 5.74) is 0. The van der Waals surface area contributed by atoms with E-state index in [4.69, 9.17) is 9.47 Å². The third-order valence-corrected chi connectivity index (χ3v) is 6.36. The molecule has 1 aliphatic heterocycles. The average Bonchev–Trinajstić information content (AvgIpc) is 2.85. The van der Waals surface area contributed by atoms with Crippen molar-refractivity contribution in [2.45, 2.75) is 134 Å². The van der Waals surface area contributed by atoms with Gasteiger partial charge >= 0.3 is 0 Å². The van der Waals surface area contributed by atoms with Gasteiger partial charge in [0.15, 0.2) is 6.29 Å². The molecule has 0 bridgehead atoms. The molecule has 0 spiro atoms. The van der Waals surface area contributed by atoms with E-state index in [9.17, 15) is 30.3 Å². The molecule has 0 aromatic carbocycles. The summed E-state index contributed by atoms with van der Waals surface area (Å²) < 4.78 is 11.0. The van der Waals surface area contributed by atoms with Gasteiger partial charge in [0.1, 0.15) is 24.4 Å². The molecule has 7 unspecified atom stereocenters. The highest BCUT2D eigenvalue weighted by molar-refractivity contribution is 5.76. The SMILES string of the molecule is CCCCCC/C=C/C(O)C(COC1OC(CO)C(O)C(O)C1O)NC(=O)CCCCCCCC. The number of rotatable bonds is 19. The predicted molar refractivity (Wildman–Crippen MR) is 134 cm³/mol. The van der Waals surface area contributed by atoms with Crippen molar-refractivity contribution < 1.29 is 39.8 Å². The quantitative estimate of drug-likeness (QED) is 0.116. The van der Waals surface area contributed by atoms with Gasteiger partial charge in [-0.15, -0.1) is 0 Å². The zero-order valence-electron chi connectivity index (χ0n) is 21.6. The molecule has 0 aromatic rings. The summed E-state index contributed by atoms with van der Waals surface area (Å²) >= 11 is 0. The van der Waals surface area contributed by atoms with Gasteiger partial charge in [-0.2, -0.15) is 0 Å². The maximum Gasteiger partial charge on any atom is 0.220 e. The molecular formula is C26H49NO8. The molecule has 9 nitrogen and oxygen atoms in total. The molecule has 1 amide bonds. The third-order valence-electron chi connectivity index (χ3n) is 6.36. The molecule has 1 fully saturated rings. The molecule has 206 valence electrons. The summed E-state index contributed by atoms with van der Waals surface area (Å²) in [5, 5.41) is 53.0. The number of aliphatic hydroxyl groups excluding tert-OH is 5. The zero-order chi connectivity index (χ0) is 26.1. The first-order valence-corrected chi connectivity index (χ1v) is 13.4. The summed E-state index contributed by atoms with van der Waals surface area (Å²) in [7, 11) is 0. The predicted octanol–water partition coefficient (Wildman–Crippen LogP) is 1.93. The first-order valence-electron chi connectivity index (χ1n) is 13.4. The standard InChI is InChI=1S/C26H49NO8/c1-3-5-7-9-11-13-15-20(29)19(27-22(30)16-14-12-10-8-6-4-2)18-34-26-25(33)24(32)23(31)21(17-28)35-26/h13,15,19-21,23-26,28-29,31-33H,3-12,14,16-18H2,1-2H3,(H,27,30)/b15-13+. The van der Waals surface area contributed by atoms with Crippen LogP contribution < -0.4 is 5.32 Å². The lowest BCUT2D eigenvalue weighted by molar-refractivity contribution is -0.302. The molecule has 1 aliphatic rings. The van der Waals surface area contributed by atoms with Crippen molar-refractivity contribution in [3.8, 4) is 0 Å². The van der Waals surface area contributed by atoms with Crippen molar-refractivity contribution in [3.63, 3.8) is 0 Å². The monoisotopic (exact) mass is 503 g/mol. The molecule has 9 heteroatoms. The molecule has 7 atom stereocenters. The molecule has 6 N–H and O–H groups in total. The van der Waals surface area contributed by atoms with Crippen molar-refractivity contribution in [2.75, 3.05) is 13.2 Å². The van der Waals surface area contributed by atoms with Crippen LogP contribution in [0.5, 0.6) is 0 Å². The van der Waals surface area contributed by atoms with E-state index in [1.54, 1.807) is 6.08 Å². The Bertz CT molecular complexity index is 574. The van der Waals surface area contributed by atoms with Gasteiger partial charge < -0.3 is 40.3 Å². The third kappa shape index (κ3) is 12.6. The van der Waals surface area contributed by atoms with E-state index in [2.05, 4.69) is 19.2 Å². The number of carbonyl (C=O) groups is 1. The lowest BCUT2D eigenvalue weighted by Gasteiger charge is -2.40. The summed E-state index contributed by atoms with van der Waals surface area (Å²) in [6, 6.07) is -0.790. The van der Waals surface area contributed by atoms with Gasteiger partial charge in [0, 0.05) is 6.42 Å². The van der Waals surface area contributed by atoms with Crippen LogP contribution in [0.2, 0.25) is 0 Å². The summed E-state index contributed by atoms with van der Waals surface area (Å²) in [6.07, 6.45) is 7.49. The van der Waals surface area contributed by atoms with Crippen LogP contribution in [0.4, 0.5) is 0 Å². The Morgan fingerprint density at radius 3 is 2.23 bits per heavy atom. The summed E-state index contributed by atoms with van der Waals surface area (Å²) in [4.78, 5) is 12.5. The van der Waals surface area contributed by atoms with Crippen LogP contribution in [0.1, 0.15) is 90.9 Å². The minimum Gasteiger partial charge on any atom is -0.394 e. The van der Waals surface area contributed by atoms with Gasteiger partial charge in [-0.25, -0.2) is 0 Å². The number of amides is 1. The van der Waals surface area contributed by atoms with Gasteiger partial charge in [0.05, 0.1) is 25.4 Å². The maximum absolute atomic E-state index is 12.5. The van der Waals surface area contributed by atoms with E-state index in [0.29, 0.717) is 6.42 Å². The minimum absolute atomic E-state index is 0.188. The van der Waals surface area contributed by atoms with E-state index in [1.165, 1.54) is 19.3 Å². The molecule has 0 aliphatic carbocycles. The Labute approximate surface area is 210 Å². The molecular weight excluding hydrogens is 454 g/mol. The van der Waals surface area contributed by atoms with E-state index in [1.807, 2.05) is 6.08 Å². The number of hydrogen-bond acceptors (Lipinski definition) is 8. The van der Waals surface area contributed by atoms with E-state index in [0.717, 1.165) is 51.4 Å². The molecule has 1 rings (SSSR count). The Kier molecular flexibility index (Phi) is 17.4. The smallest absolute Gasteiger partial charge is 0.220 e. The fourth-order valence-corrected chi connectivity index (χ4v) is 4.03. The Morgan fingerprint density at radius 2 is 1.57 bits per heavy atom. The van der Waals surface area contributed by atoms with Crippen molar-refractivity contribution in [3.05, 3.63) is 12.2 Å². The second kappa shape index (κ2) is 19.1. The Hall–Kier alpha value is -1.07. The maximum atomic E-state index is 12.5. The number of unbranched alkanes of at least 4 members (excludes halogenated alkanes) is 9. The highest BCUT2D eigenvalue weighted by Crippen LogP contribution is 2.22. The highest BCUT2D eigenvalue weighted by atomic mass is 16.7. The van der Waals surface area contributed by atoms with Crippen LogP contribution in [0.15, 0.2) is 12.2 Å². The minimum atomic E-state index is -1.56. The molecule has 1 saturated heterocycles. The molecule has 0 aromatic heterocycles. The molecule has 0 radical (unpaired) electrons. The van der Waals surface area contributed by atoms with Gasteiger partial charge in [-0.3, -0.25) is 4.79 Å². The fraction of sp³-hybridized carbons (Fsp3) is 0.885. The first kappa shape index (κ1) is 32.0. The molecule has 1 heterocycles. The second-order valence-electron chi connectivity index (χ2n) is 9.49. The Balaban J connectivity index is 2.66. The molecule has 35 heavy (non-hydrogen) atoms. The zero-order valence-corrected chi connectivity index (χ0v) is 21.6. The topological polar surface area (TPSA) is 149 Å². The summed E-state index contributed by atoms with van der Waals surface area (Å²) in [6.45, 7) is 3.55. The van der Waals surface area contributed by atoms with Crippen molar-refractivity contribution in [1.29, 1.82) is 0 Å². The second-order valence-corrected chi connectivity index (χ2v) is 9.49. The fourth-order valence-electron chi connectivity index (χ4n) is 4.03. The number of ether oxygens (including phenoxy) is 2. The van der Waals surface area contributed by atoms with Crippen LogP contribution >= 0.6 is 0 Å². The van der Waals surface area contributed by atoms with Crippen LogP contribution in [0.3, 0.4) is 0 Å². The molecule has 0 saturated carbocycles. The van der Waals surface area contributed by atoms with Crippen molar-refractivity contribution in [1.82, 2.24) is 5.32 Å². The van der Waals surface area contributed by atoms with Crippen molar-refractivity contribution >= 4 is 5.91 Å². The van der Waals surface area contributed by atoms with E-state index in [-0.39, 0.29) is 12.5 Å². The van der Waals surface area contributed by atoms with E-state index >= 15 is 0 Å². The van der Waals surface area contributed by atoms with Gasteiger partial charge in [0.25, 0.3) is 0 Å². The van der Waals surface area contributed by atoms with Gasteiger partial charge in [-0.1, -0.05) is 77.4 Å². The number of aliphatic hydroxyl groups is 5. The summed E-state index contributed by atoms with van der Waals surface area (Å²) in [5.74, 6) is -0.196. The normalized spacial score (nSPS) is 26.7. The first-order chi connectivity index (χ1) is 16.8. The van der Waals surface area contributed by atoms with Gasteiger partial charge in [0.2, 0.25) is 5.91 Å². The van der Waals surface area contributed by atoms with Crippen LogP contribution in [0, 0.1) is 0 Å². The lowest BCUT2D eigenvalue weighted by atomic mass is 9.99. The van der Waals surface area contributed by atoms with Gasteiger partial charge in [-0.05, 0) is 19.3 Å². The average molecular weight is 504 g/mol. The highest BCUT2D eigenvalue weighted by Gasteiger charge is 2.44. The lowest BCUT2D eigenvalue weighted by Crippen LogP contribution is -2.60. The number of allylic oxidation sites excluding steroid dienone is 1. The van der Waals surface area contributed by atoms with Crippen molar-refractivity contribution in [2.24, 2.45) is 0 Å². The number of nitrogens with one attached hydrogen (secondary N) is 1. The van der Waals surface area contributed by atoms with Crippen LogP contribution in [-0.4, -0.2) is 87.5 Å².